The molecule has 1 unspecified atom stereocenters. The molecule has 6 heteroatoms. The predicted molar refractivity (Wildman–Crippen MR) is 89.9 cm³/mol. The smallest absolute Gasteiger partial charge is 0.235 e. The second-order valence-electron chi connectivity index (χ2n) is 5.64. The van der Waals surface area contributed by atoms with Gasteiger partial charge in [0.2, 0.25) is 17.1 Å². The van der Waals surface area contributed by atoms with Gasteiger partial charge in [-0.3, -0.25) is 4.79 Å². The Morgan fingerprint density at radius 2 is 1.96 bits per heavy atom. The molecule has 6 nitrogen and oxygen atoms in total. The Morgan fingerprint density at radius 1 is 1.16 bits per heavy atom. The van der Waals surface area contributed by atoms with Crippen LogP contribution in [0.4, 0.5) is 0 Å². The molecule has 25 heavy (non-hydrogen) atoms. The number of hydrogen-bond acceptors (Lipinski definition) is 6. The van der Waals surface area contributed by atoms with Crippen molar-refractivity contribution < 1.29 is 14.3 Å². The number of aromatic hydroxyl groups is 1. The molecule has 1 aromatic heterocycles. The first-order valence-electron chi connectivity index (χ1n) is 7.52. The van der Waals surface area contributed by atoms with Crippen LogP contribution in [0.3, 0.4) is 0 Å². The SMILES string of the molecule is N#CC1=C(N)Oc2c(oc3ccccc3c2=O)C1c1cccc(O)c1. The molecule has 0 fully saturated rings. The number of nitriles is 1. The number of benzene rings is 2. The normalized spacial score (nSPS) is 16.2. The highest BCUT2D eigenvalue weighted by molar-refractivity contribution is 5.78. The predicted octanol–water partition coefficient (Wildman–Crippen LogP) is 2.72. The number of hydrogen-bond donors (Lipinski definition) is 2. The van der Waals surface area contributed by atoms with Crippen molar-refractivity contribution in [3.8, 4) is 17.6 Å². The zero-order valence-corrected chi connectivity index (χ0v) is 12.9. The summed E-state index contributed by atoms with van der Waals surface area (Å²) in [5.41, 5.74) is 6.60. The molecule has 122 valence electrons. The summed E-state index contributed by atoms with van der Waals surface area (Å²) >= 11 is 0. The van der Waals surface area contributed by atoms with Crippen LogP contribution in [0.25, 0.3) is 11.0 Å². The van der Waals surface area contributed by atoms with Crippen LogP contribution in [0.2, 0.25) is 0 Å². The first-order valence-corrected chi connectivity index (χ1v) is 7.52. The summed E-state index contributed by atoms with van der Waals surface area (Å²) in [6, 6.07) is 15.2. The van der Waals surface area contributed by atoms with Crippen molar-refractivity contribution in [3.05, 3.63) is 81.5 Å². The fourth-order valence-electron chi connectivity index (χ4n) is 3.01. The lowest BCUT2D eigenvalue weighted by atomic mass is 9.87. The van der Waals surface area contributed by atoms with Gasteiger partial charge in [0.25, 0.3) is 0 Å². The van der Waals surface area contributed by atoms with E-state index in [1.165, 1.54) is 12.1 Å². The second-order valence-corrected chi connectivity index (χ2v) is 5.64. The van der Waals surface area contributed by atoms with Gasteiger partial charge in [-0.25, -0.2) is 0 Å². The van der Waals surface area contributed by atoms with E-state index in [0.29, 0.717) is 16.5 Å². The van der Waals surface area contributed by atoms with Crippen LogP contribution >= 0.6 is 0 Å². The fourth-order valence-corrected chi connectivity index (χ4v) is 3.01. The number of ether oxygens (including phenoxy) is 1. The number of phenolic OH excluding ortho intramolecular Hbond substituents is 1. The van der Waals surface area contributed by atoms with Gasteiger partial charge >= 0.3 is 0 Å². The van der Waals surface area contributed by atoms with Crippen LogP contribution in [-0.2, 0) is 0 Å². The maximum atomic E-state index is 12.8. The number of para-hydroxylation sites is 1. The van der Waals surface area contributed by atoms with E-state index in [-0.39, 0.29) is 34.1 Å². The van der Waals surface area contributed by atoms with Crippen molar-refractivity contribution >= 4 is 11.0 Å². The Morgan fingerprint density at radius 3 is 2.72 bits per heavy atom. The largest absolute Gasteiger partial charge is 0.508 e. The molecule has 1 aliphatic rings. The molecular formula is C19H12N2O4. The third-order valence-electron chi connectivity index (χ3n) is 4.13. The number of phenols is 1. The second kappa shape index (κ2) is 5.42. The maximum Gasteiger partial charge on any atom is 0.235 e. The Hall–Kier alpha value is -3.72. The molecule has 0 aliphatic carbocycles. The molecular weight excluding hydrogens is 320 g/mol. The van der Waals surface area contributed by atoms with Crippen molar-refractivity contribution in [3.63, 3.8) is 0 Å². The molecule has 0 saturated carbocycles. The fraction of sp³-hybridized carbons (Fsp3) is 0.0526. The summed E-state index contributed by atoms with van der Waals surface area (Å²) in [5, 5.41) is 19.7. The van der Waals surface area contributed by atoms with Gasteiger partial charge in [-0.1, -0.05) is 24.3 Å². The summed E-state index contributed by atoms with van der Waals surface area (Å²) in [5.74, 6) is -0.697. The van der Waals surface area contributed by atoms with Crippen molar-refractivity contribution in [2.24, 2.45) is 5.73 Å². The van der Waals surface area contributed by atoms with Crippen molar-refractivity contribution in [2.45, 2.75) is 5.92 Å². The molecule has 2 aromatic carbocycles. The van der Waals surface area contributed by atoms with E-state index in [9.17, 15) is 15.2 Å². The lowest BCUT2D eigenvalue weighted by Crippen LogP contribution is -2.25. The van der Waals surface area contributed by atoms with Crippen molar-refractivity contribution in [1.82, 2.24) is 0 Å². The number of nitrogens with zero attached hydrogens (tertiary/aromatic N) is 1. The highest BCUT2D eigenvalue weighted by Crippen LogP contribution is 2.42. The molecule has 1 atom stereocenters. The van der Waals surface area contributed by atoms with E-state index in [1.54, 1.807) is 36.4 Å². The number of allylic oxidation sites excluding steroid dienone is 1. The first-order chi connectivity index (χ1) is 12.1. The summed E-state index contributed by atoms with van der Waals surface area (Å²) < 4.78 is 11.3. The molecule has 0 saturated heterocycles. The zero-order valence-electron chi connectivity index (χ0n) is 12.9. The van der Waals surface area contributed by atoms with Crippen LogP contribution in [0.15, 0.2) is 69.2 Å². The third kappa shape index (κ3) is 2.22. The molecule has 2 heterocycles. The van der Waals surface area contributed by atoms with Gasteiger partial charge in [0, 0.05) is 0 Å². The third-order valence-corrected chi connectivity index (χ3v) is 4.13. The maximum absolute atomic E-state index is 12.8. The van der Waals surface area contributed by atoms with E-state index in [2.05, 4.69) is 0 Å². The van der Waals surface area contributed by atoms with Crippen LogP contribution < -0.4 is 15.9 Å². The highest BCUT2D eigenvalue weighted by Gasteiger charge is 2.35. The molecule has 0 radical (unpaired) electrons. The topological polar surface area (TPSA) is 109 Å². The van der Waals surface area contributed by atoms with Gasteiger partial charge in [0.1, 0.15) is 23.0 Å². The Kier molecular flexibility index (Phi) is 3.22. The van der Waals surface area contributed by atoms with E-state index in [0.717, 1.165) is 0 Å². The van der Waals surface area contributed by atoms with Crippen molar-refractivity contribution in [1.29, 1.82) is 5.26 Å². The van der Waals surface area contributed by atoms with Gasteiger partial charge in [-0.05, 0) is 29.8 Å². The minimum absolute atomic E-state index is 0.0320. The summed E-state index contributed by atoms with van der Waals surface area (Å²) in [7, 11) is 0. The van der Waals surface area contributed by atoms with Gasteiger partial charge in [0.05, 0.1) is 11.3 Å². The highest BCUT2D eigenvalue weighted by atomic mass is 16.5. The van der Waals surface area contributed by atoms with Crippen LogP contribution in [0.5, 0.6) is 11.5 Å². The standard InChI is InChI=1S/C19H12N2O4/c20-9-13-15(10-4-3-5-11(22)8-10)17-18(25-19(13)21)16(23)12-6-1-2-7-14(12)24-17/h1-8,15,22H,21H2. The number of rotatable bonds is 1. The molecule has 3 aromatic rings. The Labute approximate surface area is 142 Å². The van der Waals surface area contributed by atoms with E-state index in [1.807, 2.05) is 6.07 Å². The van der Waals surface area contributed by atoms with Gasteiger partial charge in [-0.2, -0.15) is 5.26 Å². The van der Waals surface area contributed by atoms with Gasteiger partial charge < -0.3 is 20.0 Å². The molecule has 4 rings (SSSR count). The van der Waals surface area contributed by atoms with Gasteiger partial charge in [-0.15, -0.1) is 0 Å². The molecule has 0 bridgehead atoms. The summed E-state index contributed by atoms with van der Waals surface area (Å²) in [6.07, 6.45) is 0. The average molecular weight is 332 g/mol. The van der Waals surface area contributed by atoms with Crippen LogP contribution in [-0.4, -0.2) is 5.11 Å². The summed E-state index contributed by atoms with van der Waals surface area (Å²) in [4.78, 5) is 12.8. The molecule has 0 spiro atoms. The summed E-state index contributed by atoms with van der Waals surface area (Å²) in [6.45, 7) is 0. The van der Waals surface area contributed by atoms with E-state index < -0.39 is 5.92 Å². The first kappa shape index (κ1) is 14.8. The Bertz CT molecular complexity index is 1140. The zero-order chi connectivity index (χ0) is 17.6. The Balaban J connectivity index is 2.07. The van der Waals surface area contributed by atoms with E-state index >= 15 is 0 Å². The minimum Gasteiger partial charge on any atom is -0.508 e. The van der Waals surface area contributed by atoms with Crippen LogP contribution in [0.1, 0.15) is 17.2 Å². The number of fused-ring (bicyclic) bond motifs is 2. The van der Waals surface area contributed by atoms with Crippen molar-refractivity contribution in [2.75, 3.05) is 0 Å². The molecule has 0 amide bonds. The van der Waals surface area contributed by atoms with Gasteiger partial charge in [0.15, 0.2) is 5.76 Å². The number of nitrogens with two attached hydrogens (primary N) is 1. The van der Waals surface area contributed by atoms with E-state index in [4.69, 9.17) is 14.9 Å². The lowest BCUT2D eigenvalue weighted by molar-refractivity contribution is 0.354. The molecule has 1 aliphatic heterocycles. The lowest BCUT2D eigenvalue weighted by Gasteiger charge is -2.24. The average Bonchev–Trinajstić information content (AvgIpc) is 2.62. The quantitative estimate of drug-likeness (QED) is 0.709. The van der Waals surface area contributed by atoms with Crippen LogP contribution in [0, 0.1) is 11.3 Å². The monoisotopic (exact) mass is 332 g/mol. The minimum atomic E-state index is -0.738. The molecule has 3 N–H and O–H groups in total.